The summed E-state index contributed by atoms with van der Waals surface area (Å²) in [5.74, 6) is 0.494. The highest BCUT2D eigenvalue weighted by atomic mass is 32.2. The maximum absolute atomic E-state index is 12.7. The van der Waals surface area contributed by atoms with Crippen molar-refractivity contribution in [3.8, 4) is 11.1 Å². The fourth-order valence-corrected chi connectivity index (χ4v) is 3.37. The summed E-state index contributed by atoms with van der Waals surface area (Å²) in [5.41, 5.74) is 3.57. The van der Waals surface area contributed by atoms with Gasteiger partial charge in [-0.15, -0.1) is 0 Å². The first kappa shape index (κ1) is 21.3. The molecule has 5 heteroatoms. The Morgan fingerprint density at radius 2 is 1.59 bits per heavy atom. The highest BCUT2D eigenvalue weighted by Gasteiger charge is 2.15. The molecule has 2 aromatic carbocycles. The standard InChI is InChI=1S/C22H30N2O2S/c1-16(2)13-14-23-22(25)21-12-8-7-11-20(21)19-10-6-5-9-18(19)15-24-27(26)17(3)4/h5-12,16-17,24H,13-15H2,1-4H3,(H,23,25). The lowest BCUT2D eigenvalue weighted by molar-refractivity contribution is 0.0952. The second-order valence-corrected chi connectivity index (χ2v) is 9.13. The van der Waals surface area contributed by atoms with Gasteiger partial charge < -0.3 is 5.32 Å². The van der Waals surface area contributed by atoms with Crippen LogP contribution in [-0.2, 0) is 17.5 Å². The van der Waals surface area contributed by atoms with Gasteiger partial charge >= 0.3 is 0 Å². The van der Waals surface area contributed by atoms with E-state index < -0.39 is 11.0 Å². The predicted molar refractivity (Wildman–Crippen MR) is 114 cm³/mol. The first-order valence-electron chi connectivity index (χ1n) is 9.49. The summed E-state index contributed by atoms with van der Waals surface area (Å²) < 4.78 is 15.1. The number of benzene rings is 2. The minimum Gasteiger partial charge on any atom is -0.352 e. The van der Waals surface area contributed by atoms with Crippen LogP contribution in [0.1, 0.15) is 50.0 Å². The quantitative estimate of drug-likeness (QED) is 0.675. The van der Waals surface area contributed by atoms with Gasteiger partial charge in [0.05, 0.1) is 11.0 Å². The topological polar surface area (TPSA) is 58.2 Å². The van der Waals surface area contributed by atoms with E-state index in [1.807, 2.05) is 62.4 Å². The monoisotopic (exact) mass is 386 g/mol. The predicted octanol–water partition coefficient (Wildman–Crippen LogP) is 4.29. The van der Waals surface area contributed by atoms with Gasteiger partial charge in [0.25, 0.3) is 5.91 Å². The molecule has 0 aliphatic heterocycles. The molecule has 1 unspecified atom stereocenters. The van der Waals surface area contributed by atoms with Crippen molar-refractivity contribution in [3.05, 3.63) is 59.7 Å². The SMILES string of the molecule is CC(C)CCNC(=O)c1ccccc1-c1ccccc1CNS(=O)C(C)C. The van der Waals surface area contributed by atoms with E-state index >= 15 is 0 Å². The van der Waals surface area contributed by atoms with Gasteiger partial charge in [0.2, 0.25) is 0 Å². The first-order valence-corrected chi connectivity index (χ1v) is 10.7. The molecule has 27 heavy (non-hydrogen) atoms. The van der Waals surface area contributed by atoms with Gasteiger partial charge in [-0.05, 0) is 48.9 Å². The minimum atomic E-state index is -1.09. The molecule has 0 radical (unpaired) electrons. The van der Waals surface area contributed by atoms with Crippen molar-refractivity contribution >= 4 is 16.9 Å². The Balaban J connectivity index is 2.26. The lowest BCUT2D eigenvalue weighted by atomic mass is 9.95. The van der Waals surface area contributed by atoms with Crippen molar-refractivity contribution in [3.63, 3.8) is 0 Å². The number of nitrogens with one attached hydrogen (secondary N) is 2. The minimum absolute atomic E-state index is 0.0520. The number of carbonyl (C=O) groups excluding carboxylic acids is 1. The average molecular weight is 387 g/mol. The molecule has 146 valence electrons. The van der Waals surface area contributed by atoms with Crippen molar-refractivity contribution < 1.29 is 9.00 Å². The van der Waals surface area contributed by atoms with Crippen LogP contribution in [0, 0.1) is 5.92 Å². The summed E-state index contributed by atoms with van der Waals surface area (Å²) in [6.45, 7) is 9.29. The van der Waals surface area contributed by atoms with Gasteiger partial charge in [-0.1, -0.05) is 56.3 Å². The largest absolute Gasteiger partial charge is 0.352 e. The molecule has 2 N–H and O–H groups in total. The third-order valence-corrected chi connectivity index (χ3v) is 5.60. The van der Waals surface area contributed by atoms with Crippen LogP contribution < -0.4 is 10.0 Å². The number of hydrogen-bond acceptors (Lipinski definition) is 2. The lowest BCUT2D eigenvalue weighted by Crippen LogP contribution is -2.26. The smallest absolute Gasteiger partial charge is 0.251 e. The Kier molecular flexibility index (Phi) is 8.20. The lowest BCUT2D eigenvalue weighted by Gasteiger charge is -2.15. The van der Waals surface area contributed by atoms with E-state index in [0.717, 1.165) is 23.1 Å². The zero-order valence-corrected chi connectivity index (χ0v) is 17.4. The Bertz CT molecular complexity index is 787. The Morgan fingerprint density at radius 1 is 0.963 bits per heavy atom. The second-order valence-electron chi connectivity index (χ2n) is 7.31. The highest BCUT2D eigenvalue weighted by Crippen LogP contribution is 2.27. The maximum atomic E-state index is 12.7. The van der Waals surface area contributed by atoms with Gasteiger partial charge in [-0.25, -0.2) is 8.93 Å². The van der Waals surface area contributed by atoms with E-state index in [0.29, 0.717) is 24.6 Å². The first-order chi connectivity index (χ1) is 12.9. The molecule has 2 rings (SSSR count). The number of carbonyl (C=O) groups is 1. The van der Waals surface area contributed by atoms with Crippen LogP contribution in [0.2, 0.25) is 0 Å². The summed E-state index contributed by atoms with van der Waals surface area (Å²) in [4.78, 5) is 12.7. The normalized spacial score (nSPS) is 12.4. The fourth-order valence-electron chi connectivity index (χ4n) is 2.74. The van der Waals surface area contributed by atoms with E-state index in [4.69, 9.17) is 0 Å². The van der Waals surface area contributed by atoms with Crippen molar-refractivity contribution in [2.45, 2.75) is 45.9 Å². The van der Waals surface area contributed by atoms with Gasteiger partial charge in [-0.3, -0.25) is 4.79 Å². The van der Waals surface area contributed by atoms with Crippen molar-refractivity contribution in [2.24, 2.45) is 5.92 Å². The molecule has 1 atom stereocenters. The van der Waals surface area contributed by atoms with Crippen molar-refractivity contribution in [1.29, 1.82) is 0 Å². The molecule has 0 saturated carbocycles. The molecule has 0 saturated heterocycles. The highest BCUT2D eigenvalue weighted by molar-refractivity contribution is 7.83. The van der Waals surface area contributed by atoms with Crippen molar-refractivity contribution in [1.82, 2.24) is 10.0 Å². The van der Waals surface area contributed by atoms with Crippen LogP contribution in [0.5, 0.6) is 0 Å². The molecule has 0 fully saturated rings. The Hall–Kier alpha value is -1.98. The summed E-state index contributed by atoms with van der Waals surface area (Å²) in [6, 6.07) is 15.6. The summed E-state index contributed by atoms with van der Waals surface area (Å²) in [6.07, 6.45) is 0.954. The number of hydrogen-bond donors (Lipinski definition) is 2. The molecule has 0 aromatic heterocycles. The van der Waals surface area contributed by atoms with Crippen LogP contribution in [-0.4, -0.2) is 21.9 Å². The molecule has 0 aliphatic rings. The third kappa shape index (κ3) is 6.29. The zero-order valence-electron chi connectivity index (χ0n) is 16.6. The van der Waals surface area contributed by atoms with Crippen LogP contribution >= 0.6 is 0 Å². The molecule has 0 aliphatic carbocycles. The van der Waals surface area contributed by atoms with Crippen LogP contribution in [0.25, 0.3) is 11.1 Å². The van der Waals surface area contributed by atoms with Crippen LogP contribution in [0.3, 0.4) is 0 Å². The number of rotatable bonds is 9. The van der Waals surface area contributed by atoms with Gasteiger partial charge in [0.1, 0.15) is 0 Å². The molecular formula is C22H30N2O2S. The summed E-state index contributed by atoms with van der Waals surface area (Å²) >= 11 is 0. The molecule has 4 nitrogen and oxygen atoms in total. The van der Waals surface area contributed by atoms with Crippen LogP contribution in [0.4, 0.5) is 0 Å². The Labute approximate surface area is 165 Å². The molecule has 0 bridgehead atoms. The molecular weight excluding hydrogens is 356 g/mol. The fraction of sp³-hybridized carbons (Fsp3) is 0.409. The third-order valence-electron chi connectivity index (χ3n) is 4.32. The van der Waals surface area contributed by atoms with Gasteiger partial charge in [0, 0.05) is 23.9 Å². The van der Waals surface area contributed by atoms with E-state index in [9.17, 15) is 9.00 Å². The molecule has 0 heterocycles. The van der Waals surface area contributed by atoms with E-state index in [1.54, 1.807) is 0 Å². The number of amides is 1. The second kappa shape index (κ2) is 10.4. The maximum Gasteiger partial charge on any atom is 0.251 e. The Morgan fingerprint density at radius 3 is 2.26 bits per heavy atom. The van der Waals surface area contributed by atoms with E-state index in [-0.39, 0.29) is 11.2 Å². The zero-order chi connectivity index (χ0) is 19.8. The van der Waals surface area contributed by atoms with Crippen molar-refractivity contribution in [2.75, 3.05) is 6.54 Å². The molecule has 1 amide bonds. The van der Waals surface area contributed by atoms with E-state index in [2.05, 4.69) is 23.9 Å². The van der Waals surface area contributed by atoms with Gasteiger partial charge in [0.15, 0.2) is 0 Å². The van der Waals surface area contributed by atoms with Gasteiger partial charge in [-0.2, -0.15) is 0 Å². The summed E-state index contributed by atoms with van der Waals surface area (Å²) in [7, 11) is -1.09. The molecule has 2 aromatic rings. The summed E-state index contributed by atoms with van der Waals surface area (Å²) in [5, 5.41) is 3.07. The van der Waals surface area contributed by atoms with E-state index in [1.165, 1.54) is 0 Å². The van der Waals surface area contributed by atoms with Crippen LogP contribution in [0.15, 0.2) is 48.5 Å². The average Bonchev–Trinajstić information content (AvgIpc) is 2.65. The molecule has 0 spiro atoms.